The van der Waals surface area contributed by atoms with Crippen molar-refractivity contribution in [3.05, 3.63) is 84.7 Å². The number of benzene rings is 3. The van der Waals surface area contributed by atoms with Crippen molar-refractivity contribution in [2.45, 2.75) is 37.5 Å². The Hall–Kier alpha value is -3.33. The second-order valence-corrected chi connectivity index (χ2v) is 10.7. The van der Waals surface area contributed by atoms with Crippen molar-refractivity contribution in [2.24, 2.45) is 0 Å². The first kappa shape index (κ1) is 23.4. The summed E-state index contributed by atoms with van der Waals surface area (Å²) in [6.07, 6.45) is 1.81. The molecule has 1 aliphatic heterocycles. The summed E-state index contributed by atoms with van der Waals surface area (Å²) >= 11 is 0. The summed E-state index contributed by atoms with van der Waals surface area (Å²) in [5, 5.41) is 0.932. The quantitative estimate of drug-likeness (QED) is 0.433. The molecule has 1 aromatic heterocycles. The number of rotatable bonds is 6. The average molecular weight is 489 g/mol. The molecule has 5 rings (SSSR count). The van der Waals surface area contributed by atoms with Crippen LogP contribution in [0.25, 0.3) is 22.0 Å². The molecule has 1 saturated heterocycles. The molecule has 8 heteroatoms. The van der Waals surface area contributed by atoms with Crippen LogP contribution in [0.4, 0.5) is 5.82 Å². The molecule has 180 valence electrons. The lowest BCUT2D eigenvalue weighted by Gasteiger charge is -2.36. The van der Waals surface area contributed by atoms with Crippen molar-refractivity contribution < 1.29 is 13.2 Å². The van der Waals surface area contributed by atoms with Crippen LogP contribution in [-0.2, 0) is 21.3 Å². The fraction of sp³-hybridized carbons (Fsp3) is 0.259. The topological polar surface area (TPSA) is 84.4 Å². The molecule has 1 fully saturated rings. The number of fused-ring (bicyclic) bond motifs is 1. The summed E-state index contributed by atoms with van der Waals surface area (Å²) in [5.41, 5.74) is 3.47. The van der Waals surface area contributed by atoms with Crippen LogP contribution in [0.3, 0.4) is 0 Å². The average Bonchev–Trinajstić information content (AvgIpc) is 2.87. The number of nitrogens with zero attached hydrogens (tertiary/aromatic N) is 3. The first-order chi connectivity index (χ1) is 16.9. The molecular formula is C27H28N4O3S. The van der Waals surface area contributed by atoms with Crippen molar-refractivity contribution in [1.29, 1.82) is 0 Å². The van der Waals surface area contributed by atoms with Crippen molar-refractivity contribution >= 4 is 26.7 Å². The zero-order chi connectivity index (χ0) is 24.4. The maximum absolute atomic E-state index is 13.0. The van der Waals surface area contributed by atoms with Crippen LogP contribution in [0, 0.1) is 0 Å². The summed E-state index contributed by atoms with van der Waals surface area (Å²) < 4.78 is 34.5. The van der Waals surface area contributed by atoms with Gasteiger partial charge in [-0.3, -0.25) is 0 Å². The Balaban J connectivity index is 1.46. The molecule has 0 aliphatic carbocycles. The molecule has 35 heavy (non-hydrogen) atoms. The van der Waals surface area contributed by atoms with Crippen LogP contribution in [0.15, 0.2) is 84.0 Å². The van der Waals surface area contributed by atoms with Crippen LogP contribution >= 0.6 is 0 Å². The third kappa shape index (κ3) is 5.19. The number of hydrogen-bond donors (Lipinski definition) is 1. The highest BCUT2D eigenvalue weighted by molar-refractivity contribution is 7.89. The molecule has 1 N–H and O–H groups in total. The van der Waals surface area contributed by atoms with Crippen LogP contribution in [-0.4, -0.2) is 43.7 Å². The van der Waals surface area contributed by atoms with Gasteiger partial charge in [0, 0.05) is 25.0 Å². The number of aromatic nitrogens is 2. The normalized spacial score (nSPS) is 18.6. The standard InChI is InChI=1S/C27H28N4O3S/c1-19-16-31(17-20(2)34-19)27-25-14-23(11-12-26(25)28-18-29-27)22-9-6-10-24(13-22)35(32,33)30-15-21-7-4-3-5-8-21/h3-14,18-20,30H,15-17H2,1-2H3. The van der Waals surface area contributed by atoms with E-state index >= 15 is 0 Å². The number of anilines is 1. The van der Waals surface area contributed by atoms with E-state index in [2.05, 4.69) is 33.4 Å². The number of hydrogen-bond acceptors (Lipinski definition) is 6. The maximum Gasteiger partial charge on any atom is 0.240 e. The fourth-order valence-electron chi connectivity index (χ4n) is 4.53. The Morgan fingerprint density at radius 3 is 2.43 bits per heavy atom. The van der Waals surface area contributed by atoms with Crippen LogP contribution < -0.4 is 9.62 Å². The van der Waals surface area contributed by atoms with E-state index in [0.29, 0.717) is 0 Å². The lowest BCUT2D eigenvalue weighted by molar-refractivity contribution is -0.00537. The van der Waals surface area contributed by atoms with Gasteiger partial charge in [-0.15, -0.1) is 0 Å². The predicted molar refractivity (Wildman–Crippen MR) is 138 cm³/mol. The molecular weight excluding hydrogens is 460 g/mol. The first-order valence-electron chi connectivity index (χ1n) is 11.7. The number of morpholine rings is 1. The molecule has 0 saturated carbocycles. The van der Waals surface area contributed by atoms with E-state index in [1.54, 1.807) is 24.5 Å². The molecule has 2 unspecified atom stereocenters. The predicted octanol–water partition coefficient (Wildman–Crippen LogP) is 4.39. The summed E-state index contributed by atoms with van der Waals surface area (Å²) in [6, 6.07) is 22.4. The highest BCUT2D eigenvalue weighted by Gasteiger charge is 2.25. The number of ether oxygens (including phenoxy) is 1. The Morgan fingerprint density at radius 1 is 0.914 bits per heavy atom. The van der Waals surface area contributed by atoms with Crippen molar-refractivity contribution in [3.63, 3.8) is 0 Å². The van der Waals surface area contributed by atoms with E-state index in [0.717, 1.165) is 46.5 Å². The Morgan fingerprint density at radius 2 is 1.66 bits per heavy atom. The Labute approximate surface area is 205 Å². The molecule has 0 bridgehead atoms. The summed E-state index contributed by atoms with van der Waals surface area (Å²) in [5.74, 6) is 0.868. The van der Waals surface area contributed by atoms with Gasteiger partial charge in [0.25, 0.3) is 0 Å². The molecule has 7 nitrogen and oxygen atoms in total. The minimum atomic E-state index is -3.67. The van der Waals surface area contributed by atoms with Gasteiger partial charge in [-0.25, -0.2) is 23.1 Å². The molecule has 2 heterocycles. The van der Waals surface area contributed by atoms with E-state index in [-0.39, 0.29) is 23.6 Å². The van der Waals surface area contributed by atoms with Gasteiger partial charge < -0.3 is 9.64 Å². The second-order valence-electron chi connectivity index (χ2n) is 8.93. The van der Waals surface area contributed by atoms with Gasteiger partial charge >= 0.3 is 0 Å². The van der Waals surface area contributed by atoms with E-state index in [4.69, 9.17) is 4.74 Å². The summed E-state index contributed by atoms with van der Waals surface area (Å²) in [7, 11) is -3.67. The third-order valence-electron chi connectivity index (χ3n) is 6.12. The van der Waals surface area contributed by atoms with E-state index in [9.17, 15) is 8.42 Å². The smallest absolute Gasteiger partial charge is 0.240 e. The summed E-state index contributed by atoms with van der Waals surface area (Å²) in [4.78, 5) is 11.5. The first-order valence-corrected chi connectivity index (χ1v) is 13.2. The zero-order valence-electron chi connectivity index (χ0n) is 19.8. The zero-order valence-corrected chi connectivity index (χ0v) is 20.6. The lowest BCUT2D eigenvalue weighted by atomic mass is 10.0. The van der Waals surface area contributed by atoms with E-state index < -0.39 is 10.0 Å². The highest BCUT2D eigenvalue weighted by atomic mass is 32.2. The Kier molecular flexibility index (Phi) is 6.51. The maximum atomic E-state index is 13.0. The highest BCUT2D eigenvalue weighted by Crippen LogP contribution is 2.31. The molecule has 0 radical (unpaired) electrons. The minimum Gasteiger partial charge on any atom is -0.372 e. The van der Waals surface area contributed by atoms with Gasteiger partial charge in [-0.1, -0.05) is 48.5 Å². The van der Waals surface area contributed by atoms with Crippen LogP contribution in [0.2, 0.25) is 0 Å². The van der Waals surface area contributed by atoms with Gasteiger partial charge in [0.05, 0.1) is 22.6 Å². The Bertz CT molecular complexity index is 1430. The molecule has 2 atom stereocenters. The molecule has 4 aromatic rings. The largest absolute Gasteiger partial charge is 0.372 e. The minimum absolute atomic E-state index is 0.109. The van der Waals surface area contributed by atoms with Gasteiger partial charge in [-0.2, -0.15) is 0 Å². The van der Waals surface area contributed by atoms with Crippen LogP contribution in [0.1, 0.15) is 19.4 Å². The number of sulfonamides is 1. The van der Waals surface area contributed by atoms with Crippen molar-refractivity contribution in [1.82, 2.24) is 14.7 Å². The SMILES string of the molecule is CC1CN(c2ncnc3ccc(-c4cccc(S(=O)(=O)NCc5ccccc5)c4)cc23)CC(C)O1. The van der Waals surface area contributed by atoms with E-state index in [1.807, 2.05) is 54.6 Å². The van der Waals surface area contributed by atoms with Crippen molar-refractivity contribution in [3.8, 4) is 11.1 Å². The molecule has 3 aromatic carbocycles. The van der Waals surface area contributed by atoms with Crippen LogP contribution in [0.5, 0.6) is 0 Å². The molecule has 0 amide bonds. The van der Waals surface area contributed by atoms with Gasteiger partial charge in [0.1, 0.15) is 12.1 Å². The second kappa shape index (κ2) is 9.73. The number of nitrogens with one attached hydrogen (secondary N) is 1. The van der Waals surface area contributed by atoms with E-state index in [1.165, 1.54) is 0 Å². The van der Waals surface area contributed by atoms with Crippen molar-refractivity contribution in [2.75, 3.05) is 18.0 Å². The van der Waals surface area contributed by atoms with Gasteiger partial charge in [0.2, 0.25) is 10.0 Å². The molecule has 0 spiro atoms. The fourth-order valence-corrected chi connectivity index (χ4v) is 5.59. The molecule has 1 aliphatic rings. The lowest BCUT2D eigenvalue weighted by Crippen LogP contribution is -2.45. The van der Waals surface area contributed by atoms with Gasteiger partial charge in [-0.05, 0) is 54.8 Å². The summed E-state index contributed by atoms with van der Waals surface area (Å²) in [6.45, 7) is 5.87. The third-order valence-corrected chi connectivity index (χ3v) is 7.52. The monoisotopic (exact) mass is 488 g/mol. The van der Waals surface area contributed by atoms with Gasteiger partial charge in [0.15, 0.2) is 0 Å².